The van der Waals surface area contributed by atoms with Crippen molar-refractivity contribution in [3.05, 3.63) is 60.2 Å². The van der Waals surface area contributed by atoms with E-state index in [9.17, 15) is 9.59 Å². The van der Waals surface area contributed by atoms with E-state index in [1.165, 1.54) is 19.3 Å². The molecule has 2 aromatic heterocycles. The molecule has 0 N–H and O–H groups in total. The maximum absolute atomic E-state index is 12.7. The summed E-state index contributed by atoms with van der Waals surface area (Å²) in [5, 5.41) is 0. The number of rotatable bonds is 4. The number of aromatic nitrogens is 2. The Morgan fingerprint density at radius 1 is 0.821 bits per heavy atom. The molecule has 0 aliphatic heterocycles. The molecule has 6 nitrogen and oxygen atoms in total. The van der Waals surface area contributed by atoms with Crippen molar-refractivity contribution in [3.8, 4) is 0 Å². The number of hydrogen-bond acceptors (Lipinski definition) is 6. The molecule has 2 heterocycles. The summed E-state index contributed by atoms with van der Waals surface area (Å²) in [6.07, 6.45) is 6.66. The molecule has 6 heteroatoms. The van der Waals surface area contributed by atoms with Crippen LogP contribution in [0.4, 0.5) is 0 Å². The van der Waals surface area contributed by atoms with Crippen LogP contribution in [0.2, 0.25) is 0 Å². The Balaban J connectivity index is 1.37. The summed E-state index contributed by atoms with van der Waals surface area (Å²) in [5.74, 6) is 1.03. The van der Waals surface area contributed by atoms with E-state index in [0.717, 1.165) is 6.42 Å². The number of carbonyl (C=O) groups excluding carboxylic acids is 2. The monoisotopic (exact) mass is 378 g/mol. The van der Waals surface area contributed by atoms with Gasteiger partial charge >= 0.3 is 11.9 Å². The largest absolute Gasteiger partial charge is 0.454 e. The van der Waals surface area contributed by atoms with Crippen LogP contribution >= 0.6 is 0 Å². The maximum Gasteiger partial charge on any atom is 0.357 e. The van der Waals surface area contributed by atoms with Gasteiger partial charge in [0.1, 0.15) is 23.6 Å². The van der Waals surface area contributed by atoms with Gasteiger partial charge in [0, 0.05) is 18.3 Å². The number of fused-ring (bicyclic) bond motifs is 5. The summed E-state index contributed by atoms with van der Waals surface area (Å²) in [6, 6.07) is 10.3. The maximum atomic E-state index is 12.7. The summed E-state index contributed by atoms with van der Waals surface area (Å²) in [7, 11) is 0. The summed E-state index contributed by atoms with van der Waals surface area (Å²) < 4.78 is 11.7. The van der Waals surface area contributed by atoms with Gasteiger partial charge in [0.2, 0.25) is 0 Å². The van der Waals surface area contributed by atoms with E-state index in [0.29, 0.717) is 17.8 Å². The van der Waals surface area contributed by atoms with E-state index in [-0.39, 0.29) is 17.3 Å². The lowest BCUT2D eigenvalue weighted by atomic mass is 9.81. The summed E-state index contributed by atoms with van der Waals surface area (Å²) in [6.45, 7) is 0. The Bertz CT molecular complexity index is 873. The Hall–Kier alpha value is -2.76. The van der Waals surface area contributed by atoms with Crippen molar-refractivity contribution in [1.29, 1.82) is 0 Å². The van der Waals surface area contributed by atoms with Crippen LogP contribution < -0.4 is 0 Å². The minimum absolute atomic E-state index is 0.271. The minimum Gasteiger partial charge on any atom is -0.454 e. The zero-order valence-electron chi connectivity index (χ0n) is 15.4. The van der Waals surface area contributed by atoms with Gasteiger partial charge in [0.05, 0.1) is 0 Å². The Morgan fingerprint density at radius 3 is 2.11 bits per heavy atom. The van der Waals surface area contributed by atoms with Gasteiger partial charge in [-0.25, -0.2) is 19.6 Å². The molecule has 2 bridgehead atoms. The average molecular weight is 378 g/mol. The van der Waals surface area contributed by atoms with E-state index in [1.807, 2.05) is 0 Å². The molecule has 6 atom stereocenters. The number of esters is 2. The van der Waals surface area contributed by atoms with Crippen LogP contribution in [0, 0.1) is 23.7 Å². The number of carbonyl (C=O) groups is 2. The first kappa shape index (κ1) is 17.3. The molecule has 3 saturated carbocycles. The molecule has 5 rings (SSSR count). The molecule has 0 spiro atoms. The molecule has 0 radical (unpaired) electrons. The van der Waals surface area contributed by atoms with E-state index in [2.05, 4.69) is 9.97 Å². The first-order valence-corrected chi connectivity index (χ1v) is 9.95. The SMILES string of the molecule is O=C(OC1CC2C3CCC(C3)C2C1OC(=O)c1ccccn1)c1ccccn1. The molecular formula is C22H22N2O4. The van der Waals surface area contributed by atoms with Gasteiger partial charge in [-0.05, 0) is 67.7 Å². The molecule has 0 saturated heterocycles. The summed E-state index contributed by atoms with van der Waals surface area (Å²) >= 11 is 0. The molecule has 3 aliphatic rings. The zero-order valence-corrected chi connectivity index (χ0v) is 15.4. The van der Waals surface area contributed by atoms with Gasteiger partial charge in [-0.3, -0.25) is 0 Å². The van der Waals surface area contributed by atoms with Gasteiger partial charge in [-0.15, -0.1) is 0 Å². The van der Waals surface area contributed by atoms with Crippen LogP contribution in [0.5, 0.6) is 0 Å². The molecule has 144 valence electrons. The molecular weight excluding hydrogens is 356 g/mol. The zero-order chi connectivity index (χ0) is 19.1. The highest BCUT2D eigenvalue weighted by molar-refractivity contribution is 5.88. The van der Waals surface area contributed by atoms with Gasteiger partial charge in [0.25, 0.3) is 0 Å². The standard InChI is InChI=1S/C22H22N2O4/c25-21(16-5-1-3-9-23-16)27-18-12-15-13-7-8-14(11-13)19(15)20(18)28-22(26)17-6-2-4-10-24-17/h1-6,9-10,13-15,18-20H,7-8,11-12H2. The van der Waals surface area contributed by atoms with Gasteiger partial charge in [0.15, 0.2) is 0 Å². The average Bonchev–Trinajstić information content (AvgIpc) is 3.43. The van der Waals surface area contributed by atoms with Crippen LogP contribution in [-0.2, 0) is 9.47 Å². The van der Waals surface area contributed by atoms with Gasteiger partial charge in [-0.2, -0.15) is 0 Å². The van der Waals surface area contributed by atoms with E-state index in [4.69, 9.17) is 9.47 Å². The van der Waals surface area contributed by atoms with Crippen LogP contribution in [0.1, 0.15) is 46.7 Å². The van der Waals surface area contributed by atoms with Crippen molar-refractivity contribution in [3.63, 3.8) is 0 Å². The summed E-state index contributed by atoms with van der Waals surface area (Å²) in [5.41, 5.74) is 0.557. The number of hydrogen-bond donors (Lipinski definition) is 0. The summed E-state index contributed by atoms with van der Waals surface area (Å²) in [4.78, 5) is 33.4. The third kappa shape index (κ3) is 2.97. The highest BCUT2D eigenvalue weighted by Gasteiger charge is 2.59. The van der Waals surface area contributed by atoms with Crippen LogP contribution in [-0.4, -0.2) is 34.1 Å². The predicted molar refractivity (Wildman–Crippen MR) is 99.3 cm³/mol. The van der Waals surface area contributed by atoms with Crippen molar-refractivity contribution in [1.82, 2.24) is 9.97 Å². The van der Waals surface area contributed by atoms with Crippen molar-refractivity contribution < 1.29 is 19.1 Å². The van der Waals surface area contributed by atoms with Crippen LogP contribution in [0.25, 0.3) is 0 Å². The van der Waals surface area contributed by atoms with Crippen LogP contribution in [0.3, 0.4) is 0 Å². The van der Waals surface area contributed by atoms with Crippen molar-refractivity contribution >= 4 is 11.9 Å². The first-order chi connectivity index (χ1) is 13.7. The fourth-order valence-electron chi connectivity index (χ4n) is 5.59. The normalized spacial score (nSPS) is 32.7. The smallest absolute Gasteiger partial charge is 0.357 e. The fraction of sp³-hybridized carbons (Fsp3) is 0.455. The number of pyridine rings is 2. The van der Waals surface area contributed by atoms with E-state index < -0.39 is 24.1 Å². The van der Waals surface area contributed by atoms with Crippen molar-refractivity contribution in [2.45, 2.75) is 37.9 Å². The van der Waals surface area contributed by atoms with Crippen molar-refractivity contribution in [2.75, 3.05) is 0 Å². The quantitative estimate of drug-likeness (QED) is 0.760. The molecule has 6 unspecified atom stereocenters. The van der Waals surface area contributed by atoms with Gasteiger partial charge < -0.3 is 9.47 Å². The topological polar surface area (TPSA) is 78.4 Å². The van der Waals surface area contributed by atoms with Gasteiger partial charge in [-0.1, -0.05) is 12.1 Å². The number of ether oxygens (including phenoxy) is 2. The second-order valence-electron chi connectivity index (χ2n) is 8.05. The lowest BCUT2D eigenvalue weighted by Crippen LogP contribution is -2.37. The third-order valence-electron chi connectivity index (χ3n) is 6.66. The molecule has 3 aliphatic carbocycles. The lowest BCUT2D eigenvalue weighted by Gasteiger charge is -2.29. The number of nitrogens with zero attached hydrogens (tertiary/aromatic N) is 2. The molecule has 2 aromatic rings. The molecule has 0 aromatic carbocycles. The van der Waals surface area contributed by atoms with E-state index >= 15 is 0 Å². The molecule has 28 heavy (non-hydrogen) atoms. The molecule has 0 amide bonds. The Morgan fingerprint density at radius 2 is 1.46 bits per heavy atom. The predicted octanol–water partition coefficient (Wildman–Crippen LogP) is 3.29. The third-order valence-corrected chi connectivity index (χ3v) is 6.66. The second-order valence-corrected chi connectivity index (χ2v) is 8.05. The Kier molecular flexibility index (Phi) is 4.34. The lowest BCUT2D eigenvalue weighted by molar-refractivity contribution is -0.0422. The fourth-order valence-corrected chi connectivity index (χ4v) is 5.59. The minimum atomic E-state index is -0.461. The Labute approximate surface area is 163 Å². The second kappa shape index (κ2) is 7.00. The highest BCUT2D eigenvalue weighted by Crippen LogP contribution is 2.59. The van der Waals surface area contributed by atoms with Crippen LogP contribution in [0.15, 0.2) is 48.8 Å². The molecule has 3 fully saturated rings. The van der Waals surface area contributed by atoms with Crippen molar-refractivity contribution in [2.24, 2.45) is 23.7 Å². The highest BCUT2D eigenvalue weighted by atomic mass is 16.6. The van der Waals surface area contributed by atoms with E-state index in [1.54, 1.807) is 48.8 Å². The first-order valence-electron chi connectivity index (χ1n) is 9.95.